The summed E-state index contributed by atoms with van der Waals surface area (Å²) in [6.45, 7) is 9.81. The highest BCUT2D eigenvalue weighted by molar-refractivity contribution is 5.91. The Morgan fingerprint density at radius 3 is 2.00 bits per heavy atom. The first kappa shape index (κ1) is 26.1. The molecule has 184 valence electrons. The zero-order valence-corrected chi connectivity index (χ0v) is 20.6. The number of esters is 2. The number of alkyl halides is 2. The molecule has 0 atom stereocenters. The Hall–Kier alpha value is -3.54. The predicted octanol–water partition coefficient (Wildman–Crippen LogP) is 7.22. The maximum Gasteiger partial charge on any atom is 0.379 e. The summed E-state index contributed by atoms with van der Waals surface area (Å²) < 4.78 is 36.2. The third-order valence-corrected chi connectivity index (χ3v) is 5.65. The third kappa shape index (κ3) is 6.75. The van der Waals surface area contributed by atoms with E-state index in [4.69, 9.17) is 9.47 Å². The van der Waals surface area contributed by atoms with E-state index in [1.165, 1.54) is 0 Å². The first-order valence-corrected chi connectivity index (χ1v) is 11.6. The molecule has 0 spiro atoms. The summed E-state index contributed by atoms with van der Waals surface area (Å²) in [6, 6.07) is 18.1. The minimum Gasteiger partial charge on any atom is -0.423 e. The van der Waals surface area contributed by atoms with Crippen molar-refractivity contribution in [1.82, 2.24) is 0 Å². The van der Waals surface area contributed by atoms with Crippen molar-refractivity contribution in [1.29, 1.82) is 0 Å². The fraction of sp³-hybridized carbons (Fsp3) is 0.310. The molecule has 0 radical (unpaired) electrons. The number of hydrogen-bond acceptors (Lipinski definition) is 4. The number of rotatable bonds is 8. The van der Waals surface area contributed by atoms with E-state index >= 15 is 0 Å². The maximum absolute atomic E-state index is 12.9. The lowest BCUT2D eigenvalue weighted by Crippen LogP contribution is -2.18. The first-order valence-electron chi connectivity index (χ1n) is 11.6. The van der Waals surface area contributed by atoms with Crippen LogP contribution in [-0.2, 0) is 11.2 Å². The van der Waals surface area contributed by atoms with Crippen LogP contribution < -0.4 is 9.47 Å². The fourth-order valence-corrected chi connectivity index (χ4v) is 3.82. The van der Waals surface area contributed by atoms with Crippen molar-refractivity contribution >= 4 is 11.9 Å². The van der Waals surface area contributed by atoms with Gasteiger partial charge in [-0.05, 0) is 77.3 Å². The van der Waals surface area contributed by atoms with Gasteiger partial charge in [0.2, 0.25) is 0 Å². The molecule has 35 heavy (non-hydrogen) atoms. The molecule has 0 saturated heterocycles. The number of benzene rings is 3. The SMILES string of the molecule is Cc1ccc(C(C)C)c(OC(=O)c2cccc(Cc3ccc(C(C)C)c(OC(=O)C(F)F)c3)c2)c1. The van der Waals surface area contributed by atoms with Gasteiger partial charge in [-0.2, -0.15) is 8.78 Å². The van der Waals surface area contributed by atoms with E-state index in [-0.39, 0.29) is 17.6 Å². The quantitative estimate of drug-likeness (QED) is 0.252. The van der Waals surface area contributed by atoms with Crippen molar-refractivity contribution in [2.45, 2.75) is 59.3 Å². The van der Waals surface area contributed by atoms with Gasteiger partial charge in [-0.25, -0.2) is 9.59 Å². The smallest absolute Gasteiger partial charge is 0.379 e. The molecule has 6 heteroatoms. The minimum atomic E-state index is -3.20. The van der Waals surface area contributed by atoms with Gasteiger partial charge in [-0.3, -0.25) is 0 Å². The fourth-order valence-electron chi connectivity index (χ4n) is 3.82. The highest BCUT2D eigenvalue weighted by Gasteiger charge is 2.21. The van der Waals surface area contributed by atoms with Gasteiger partial charge < -0.3 is 9.47 Å². The highest BCUT2D eigenvalue weighted by atomic mass is 19.3. The molecule has 3 aromatic carbocycles. The molecule has 0 aromatic heterocycles. The van der Waals surface area contributed by atoms with Crippen LogP contribution in [0.1, 0.15) is 77.7 Å². The van der Waals surface area contributed by atoms with Crippen LogP contribution >= 0.6 is 0 Å². The summed E-state index contributed by atoms with van der Waals surface area (Å²) in [6.07, 6.45) is -2.79. The van der Waals surface area contributed by atoms with E-state index in [1.54, 1.807) is 30.3 Å². The van der Waals surface area contributed by atoms with Crippen molar-refractivity contribution in [3.63, 3.8) is 0 Å². The number of ether oxygens (including phenoxy) is 2. The van der Waals surface area contributed by atoms with E-state index in [2.05, 4.69) is 0 Å². The maximum atomic E-state index is 12.9. The zero-order valence-electron chi connectivity index (χ0n) is 20.6. The van der Waals surface area contributed by atoms with Crippen molar-refractivity contribution in [2.75, 3.05) is 0 Å². The van der Waals surface area contributed by atoms with Crippen LogP contribution in [-0.4, -0.2) is 18.4 Å². The summed E-state index contributed by atoms with van der Waals surface area (Å²) in [4.78, 5) is 24.4. The first-order chi connectivity index (χ1) is 16.5. The topological polar surface area (TPSA) is 52.6 Å². The molecule has 3 aromatic rings. The van der Waals surface area contributed by atoms with Gasteiger partial charge in [-0.1, -0.05) is 64.1 Å². The van der Waals surface area contributed by atoms with E-state index in [9.17, 15) is 18.4 Å². The Morgan fingerprint density at radius 2 is 1.37 bits per heavy atom. The third-order valence-electron chi connectivity index (χ3n) is 5.65. The van der Waals surface area contributed by atoms with Gasteiger partial charge in [0.15, 0.2) is 0 Å². The van der Waals surface area contributed by atoms with Gasteiger partial charge >= 0.3 is 18.4 Å². The average molecular weight is 481 g/mol. The zero-order chi connectivity index (χ0) is 25.7. The van der Waals surface area contributed by atoms with E-state index < -0.39 is 18.4 Å². The molecule has 0 heterocycles. The number of aryl methyl sites for hydroxylation is 1. The number of hydrogen-bond donors (Lipinski definition) is 0. The van der Waals surface area contributed by atoms with Crippen LogP contribution in [0.2, 0.25) is 0 Å². The van der Waals surface area contributed by atoms with Crippen LogP contribution in [0.3, 0.4) is 0 Å². The lowest BCUT2D eigenvalue weighted by atomic mass is 9.97. The van der Waals surface area contributed by atoms with E-state index in [1.807, 2.05) is 65.0 Å². The predicted molar refractivity (Wildman–Crippen MR) is 132 cm³/mol. The molecular weight excluding hydrogens is 450 g/mol. The Morgan fingerprint density at radius 1 is 0.771 bits per heavy atom. The molecule has 4 nitrogen and oxygen atoms in total. The van der Waals surface area contributed by atoms with Crippen molar-refractivity contribution in [3.05, 3.63) is 94.0 Å². The van der Waals surface area contributed by atoms with Crippen LogP contribution in [0.5, 0.6) is 11.5 Å². The molecule has 3 rings (SSSR count). The average Bonchev–Trinajstić information content (AvgIpc) is 2.79. The largest absolute Gasteiger partial charge is 0.423 e. The van der Waals surface area contributed by atoms with Crippen LogP contribution in [0.4, 0.5) is 8.78 Å². The van der Waals surface area contributed by atoms with Gasteiger partial charge in [-0.15, -0.1) is 0 Å². The van der Waals surface area contributed by atoms with Crippen LogP contribution in [0.15, 0.2) is 60.7 Å². The van der Waals surface area contributed by atoms with Crippen LogP contribution in [0.25, 0.3) is 0 Å². The standard InChI is InChI=1S/C29H30F2O4/c1-17(2)23-11-9-19(5)13-25(23)34-28(32)22-8-6-7-20(15-22)14-21-10-12-24(18(3)4)26(16-21)35-29(33)27(30)31/h6-13,15-18,27H,14H2,1-5H3. The van der Waals surface area contributed by atoms with Gasteiger partial charge in [0, 0.05) is 0 Å². The van der Waals surface area contributed by atoms with Crippen LogP contribution in [0, 0.1) is 6.92 Å². The Balaban J connectivity index is 1.83. The number of halogens is 2. The summed E-state index contributed by atoms with van der Waals surface area (Å²) in [5.74, 6) is -1.18. The monoisotopic (exact) mass is 480 g/mol. The number of carbonyl (C=O) groups excluding carboxylic acids is 2. The van der Waals surface area contributed by atoms with Crippen molar-refractivity contribution in [3.8, 4) is 11.5 Å². The lowest BCUT2D eigenvalue weighted by Gasteiger charge is -2.15. The Kier molecular flexibility index (Phi) is 8.39. The second-order valence-corrected chi connectivity index (χ2v) is 9.21. The highest BCUT2D eigenvalue weighted by Crippen LogP contribution is 2.30. The normalized spacial score (nSPS) is 11.3. The minimum absolute atomic E-state index is 0.0139. The molecular formula is C29H30F2O4. The Bertz CT molecular complexity index is 1220. The molecule has 0 aliphatic rings. The number of carbonyl (C=O) groups is 2. The van der Waals surface area contributed by atoms with Gasteiger partial charge in [0.1, 0.15) is 11.5 Å². The molecule has 0 amide bonds. The summed E-state index contributed by atoms with van der Waals surface area (Å²) in [7, 11) is 0. The Labute approximate surface area is 204 Å². The van der Waals surface area contributed by atoms with E-state index in [0.717, 1.165) is 22.3 Å². The van der Waals surface area contributed by atoms with Crippen molar-refractivity contribution < 1.29 is 27.8 Å². The van der Waals surface area contributed by atoms with Gasteiger partial charge in [0.05, 0.1) is 5.56 Å². The van der Waals surface area contributed by atoms with E-state index in [0.29, 0.717) is 23.3 Å². The molecule has 0 unspecified atom stereocenters. The molecule has 0 aliphatic heterocycles. The lowest BCUT2D eigenvalue weighted by molar-refractivity contribution is -0.146. The second kappa shape index (κ2) is 11.3. The summed E-state index contributed by atoms with van der Waals surface area (Å²) in [5, 5.41) is 0. The molecule has 0 N–H and O–H groups in total. The molecule has 0 aliphatic carbocycles. The summed E-state index contributed by atoms with van der Waals surface area (Å²) >= 11 is 0. The van der Waals surface area contributed by atoms with Gasteiger partial charge in [0.25, 0.3) is 0 Å². The van der Waals surface area contributed by atoms with Crippen molar-refractivity contribution in [2.24, 2.45) is 0 Å². The second-order valence-electron chi connectivity index (χ2n) is 9.21. The molecule has 0 bridgehead atoms. The molecule has 0 fully saturated rings. The summed E-state index contributed by atoms with van der Waals surface area (Å²) in [5.41, 5.74) is 4.62. The molecule has 0 saturated carbocycles.